The Morgan fingerprint density at radius 3 is 3.00 bits per heavy atom. The zero-order valence-electron chi connectivity index (χ0n) is 6.33. The minimum absolute atomic E-state index is 0.270. The molecule has 0 unspecified atom stereocenters. The van der Waals surface area contributed by atoms with Gasteiger partial charge in [-0.05, 0) is 22.0 Å². The number of nitrogens with zero attached hydrogens (tertiary/aromatic N) is 3. The second kappa shape index (κ2) is 2.82. The van der Waals surface area contributed by atoms with Crippen LogP contribution in [0.15, 0.2) is 22.9 Å². The molecule has 0 saturated carbocycles. The number of nitriles is 1. The lowest BCUT2D eigenvalue weighted by atomic mass is 10.4. The quantitative estimate of drug-likeness (QED) is 0.707. The smallest absolute Gasteiger partial charge is 0.159 e. The van der Waals surface area contributed by atoms with E-state index in [1.807, 2.05) is 6.07 Å². The van der Waals surface area contributed by atoms with Crippen LogP contribution in [0.25, 0.3) is 5.65 Å². The predicted octanol–water partition coefficient (Wildman–Crippen LogP) is 2.11. The van der Waals surface area contributed by atoms with Crippen LogP contribution in [0, 0.1) is 17.1 Å². The molecular formula is C8H3BrFN3. The summed E-state index contributed by atoms with van der Waals surface area (Å²) in [6, 6.07) is 3.20. The molecule has 2 rings (SSSR count). The van der Waals surface area contributed by atoms with Crippen molar-refractivity contribution in [2.24, 2.45) is 0 Å². The molecule has 3 nitrogen and oxygen atoms in total. The van der Waals surface area contributed by atoms with Gasteiger partial charge in [0.05, 0.1) is 4.47 Å². The molecule has 0 aliphatic rings. The van der Waals surface area contributed by atoms with Gasteiger partial charge in [0.1, 0.15) is 11.9 Å². The van der Waals surface area contributed by atoms with Gasteiger partial charge in [-0.3, -0.25) is 0 Å². The highest BCUT2D eigenvalue weighted by molar-refractivity contribution is 9.10. The molecular weight excluding hydrogens is 237 g/mol. The van der Waals surface area contributed by atoms with Crippen molar-refractivity contribution in [2.75, 3.05) is 0 Å². The van der Waals surface area contributed by atoms with E-state index in [1.165, 1.54) is 22.9 Å². The second-order valence-corrected chi connectivity index (χ2v) is 3.33. The van der Waals surface area contributed by atoms with E-state index in [2.05, 4.69) is 20.9 Å². The average molecular weight is 240 g/mol. The van der Waals surface area contributed by atoms with Gasteiger partial charge in [-0.1, -0.05) is 0 Å². The first-order valence-electron chi connectivity index (χ1n) is 3.44. The van der Waals surface area contributed by atoms with Gasteiger partial charge < -0.3 is 4.40 Å². The summed E-state index contributed by atoms with van der Waals surface area (Å²) in [5.41, 5.74) is 0.809. The summed E-state index contributed by atoms with van der Waals surface area (Å²) in [4.78, 5) is 3.96. The topological polar surface area (TPSA) is 41.1 Å². The molecule has 2 aromatic rings. The number of halogens is 2. The minimum atomic E-state index is -0.374. The molecule has 0 aliphatic heterocycles. The summed E-state index contributed by atoms with van der Waals surface area (Å²) in [5, 5.41) is 8.56. The van der Waals surface area contributed by atoms with Gasteiger partial charge in [0.2, 0.25) is 0 Å². The molecule has 2 heterocycles. The fraction of sp³-hybridized carbons (Fsp3) is 0. The lowest BCUT2D eigenvalue weighted by Crippen LogP contribution is -1.86. The third-order valence-electron chi connectivity index (χ3n) is 1.59. The van der Waals surface area contributed by atoms with Crippen LogP contribution in [0.1, 0.15) is 5.69 Å². The van der Waals surface area contributed by atoms with Gasteiger partial charge in [-0.25, -0.2) is 9.37 Å². The normalized spacial score (nSPS) is 10.2. The molecule has 0 amide bonds. The molecule has 0 aliphatic carbocycles. The van der Waals surface area contributed by atoms with Crippen molar-refractivity contribution >= 4 is 21.6 Å². The number of imidazole rings is 1. The Bertz CT molecular complexity index is 512. The van der Waals surface area contributed by atoms with Crippen molar-refractivity contribution in [3.63, 3.8) is 0 Å². The van der Waals surface area contributed by atoms with Crippen LogP contribution < -0.4 is 0 Å². The molecule has 0 fully saturated rings. The standard InChI is InChI=1S/C8H3BrFN3/c9-7-1-5(10)3-13-4-6(2-11)12-8(7)13/h1,3-4H. The molecule has 0 atom stereocenters. The third kappa shape index (κ3) is 1.29. The van der Waals surface area contributed by atoms with Crippen LogP contribution in [-0.2, 0) is 0 Å². The van der Waals surface area contributed by atoms with Crippen molar-refractivity contribution in [3.05, 3.63) is 34.4 Å². The van der Waals surface area contributed by atoms with E-state index < -0.39 is 0 Å². The van der Waals surface area contributed by atoms with Gasteiger partial charge in [-0.15, -0.1) is 0 Å². The summed E-state index contributed by atoms with van der Waals surface area (Å²) in [6.07, 6.45) is 2.75. The summed E-state index contributed by atoms with van der Waals surface area (Å²) < 4.78 is 14.9. The molecule has 0 spiro atoms. The average Bonchev–Trinajstić information content (AvgIpc) is 2.47. The van der Waals surface area contributed by atoms with Crippen LogP contribution in [0.4, 0.5) is 4.39 Å². The van der Waals surface area contributed by atoms with E-state index in [0.29, 0.717) is 10.1 Å². The van der Waals surface area contributed by atoms with Crippen molar-refractivity contribution in [2.45, 2.75) is 0 Å². The summed E-state index contributed by atoms with van der Waals surface area (Å²) in [6.45, 7) is 0. The lowest BCUT2D eigenvalue weighted by molar-refractivity contribution is 0.618. The fourth-order valence-corrected chi connectivity index (χ4v) is 1.59. The van der Waals surface area contributed by atoms with E-state index in [0.717, 1.165) is 0 Å². The molecule has 0 saturated heterocycles. The van der Waals surface area contributed by atoms with E-state index in [1.54, 1.807) is 0 Å². The van der Waals surface area contributed by atoms with Gasteiger partial charge in [0.15, 0.2) is 11.3 Å². The van der Waals surface area contributed by atoms with Gasteiger partial charge in [0, 0.05) is 12.4 Å². The number of fused-ring (bicyclic) bond motifs is 1. The molecule has 64 valence electrons. The first kappa shape index (κ1) is 8.20. The fourth-order valence-electron chi connectivity index (χ4n) is 1.08. The summed E-state index contributed by atoms with van der Waals surface area (Å²) in [5.74, 6) is -0.374. The van der Waals surface area contributed by atoms with Crippen molar-refractivity contribution in [3.8, 4) is 6.07 Å². The number of rotatable bonds is 0. The van der Waals surface area contributed by atoms with Crippen molar-refractivity contribution < 1.29 is 4.39 Å². The largest absolute Gasteiger partial charge is 0.302 e. The van der Waals surface area contributed by atoms with Gasteiger partial charge in [-0.2, -0.15) is 5.26 Å². The molecule has 0 bridgehead atoms. The predicted molar refractivity (Wildman–Crippen MR) is 47.6 cm³/mol. The number of aromatic nitrogens is 2. The van der Waals surface area contributed by atoms with Crippen LogP contribution in [0.2, 0.25) is 0 Å². The monoisotopic (exact) mass is 239 g/mol. The van der Waals surface area contributed by atoms with Crippen LogP contribution in [0.3, 0.4) is 0 Å². The number of hydrogen-bond donors (Lipinski definition) is 0. The zero-order chi connectivity index (χ0) is 9.42. The van der Waals surface area contributed by atoms with E-state index in [-0.39, 0.29) is 11.5 Å². The highest BCUT2D eigenvalue weighted by Gasteiger charge is 2.05. The van der Waals surface area contributed by atoms with Crippen LogP contribution in [-0.4, -0.2) is 9.38 Å². The minimum Gasteiger partial charge on any atom is -0.302 e. The Morgan fingerprint density at radius 1 is 1.54 bits per heavy atom. The Morgan fingerprint density at radius 2 is 2.31 bits per heavy atom. The lowest BCUT2D eigenvalue weighted by Gasteiger charge is -1.95. The molecule has 2 aromatic heterocycles. The molecule has 13 heavy (non-hydrogen) atoms. The van der Waals surface area contributed by atoms with Gasteiger partial charge in [0.25, 0.3) is 0 Å². The van der Waals surface area contributed by atoms with Crippen molar-refractivity contribution in [1.82, 2.24) is 9.38 Å². The van der Waals surface area contributed by atoms with E-state index in [4.69, 9.17) is 5.26 Å². The second-order valence-electron chi connectivity index (χ2n) is 2.48. The van der Waals surface area contributed by atoms with Gasteiger partial charge >= 0.3 is 0 Å². The van der Waals surface area contributed by atoms with E-state index in [9.17, 15) is 4.39 Å². The SMILES string of the molecule is N#Cc1cn2cc(F)cc(Br)c2n1. The summed E-state index contributed by atoms with van der Waals surface area (Å²) >= 11 is 3.16. The maximum atomic E-state index is 12.8. The number of pyridine rings is 1. The maximum absolute atomic E-state index is 12.8. The van der Waals surface area contributed by atoms with Crippen LogP contribution in [0.5, 0.6) is 0 Å². The zero-order valence-corrected chi connectivity index (χ0v) is 7.92. The maximum Gasteiger partial charge on any atom is 0.159 e. The Labute approximate surface area is 81.6 Å². The first-order valence-corrected chi connectivity index (χ1v) is 4.24. The molecule has 0 aromatic carbocycles. The highest BCUT2D eigenvalue weighted by Crippen LogP contribution is 2.18. The highest BCUT2D eigenvalue weighted by atomic mass is 79.9. The molecule has 0 radical (unpaired) electrons. The van der Waals surface area contributed by atoms with Crippen molar-refractivity contribution in [1.29, 1.82) is 5.26 Å². The third-order valence-corrected chi connectivity index (χ3v) is 2.17. The molecule has 0 N–H and O–H groups in total. The Kier molecular flexibility index (Phi) is 1.78. The van der Waals surface area contributed by atoms with Crippen LogP contribution >= 0.6 is 15.9 Å². The number of hydrogen-bond acceptors (Lipinski definition) is 2. The first-order chi connectivity index (χ1) is 6.20. The molecule has 5 heteroatoms. The Hall–Kier alpha value is -1.41. The summed E-state index contributed by atoms with van der Waals surface area (Å²) in [7, 11) is 0. The Balaban J connectivity index is 2.84. The van der Waals surface area contributed by atoms with E-state index >= 15 is 0 Å².